The number of nitrogens with two attached hydrogens (primary N) is 1. The van der Waals surface area contributed by atoms with E-state index in [2.05, 4.69) is 29.1 Å². The molecule has 0 aliphatic carbocycles. The van der Waals surface area contributed by atoms with Gasteiger partial charge in [-0.1, -0.05) is 26.0 Å². The molecule has 0 unspecified atom stereocenters. The van der Waals surface area contributed by atoms with E-state index < -0.39 is 0 Å². The summed E-state index contributed by atoms with van der Waals surface area (Å²) in [6.45, 7) is 10.2. The van der Waals surface area contributed by atoms with Crippen molar-refractivity contribution in [3.63, 3.8) is 0 Å². The molecule has 0 radical (unpaired) electrons. The first kappa shape index (κ1) is 18.7. The number of hydrogen-bond donors (Lipinski definition) is 2. The van der Waals surface area contributed by atoms with Crippen LogP contribution >= 0.6 is 0 Å². The van der Waals surface area contributed by atoms with Crippen LogP contribution in [0.5, 0.6) is 0 Å². The Morgan fingerprint density at radius 2 is 1.96 bits per heavy atom. The SMILES string of the molecule is CC(C)(CN=C(N)NCCCN1CCOCC1)c1ccc(F)cc1. The normalized spacial score (nSPS) is 17.0. The van der Waals surface area contributed by atoms with Crippen LogP contribution in [0, 0.1) is 5.82 Å². The first-order chi connectivity index (χ1) is 11.5. The summed E-state index contributed by atoms with van der Waals surface area (Å²) in [4.78, 5) is 6.83. The van der Waals surface area contributed by atoms with Gasteiger partial charge in [0.1, 0.15) is 5.82 Å². The number of aliphatic imine (C=N–C) groups is 1. The highest BCUT2D eigenvalue weighted by atomic mass is 19.1. The highest BCUT2D eigenvalue weighted by Crippen LogP contribution is 2.23. The van der Waals surface area contributed by atoms with Crippen LogP contribution in [0.3, 0.4) is 0 Å². The Morgan fingerprint density at radius 3 is 2.62 bits per heavy atom. The Balaban J connectivity index is 1.71. The molecule has 1 aromatic carbocycles. The molecule has 0 saturated carbocycles. The lowest BCUT2D eigenvalue weighted by molar-refractivity contribution is 0.0376. The molecule has 3 N–H and O–H groups in total. The van der Waals surface area contributed by atoms with E-state index in [9.17, 15) is 4.39 Å². The molecule has 0 bridgehead atoms. The quantitative estimate of drug-likeness (QED) is 0.452. The van der Waals surface area contributed by atoms with E-state index in [0.717, 1.165) is 51.4 Å². The first-order valence-electron chi connectivity index (χ1n) is 8.57. The Morgan fingerprint density at radius 1 is 1.29 bits per heavy atom. The van der Waals surface area contributed by atoms with Gasteiger partial charge in [0.05, 0.1) is 19.8 Å². The molecule has 0 spiro atoms. The van der Waals surface area contributed by atoms with Gasteiger partial charge in [-0.15, -0.1) is 0 Å². The summed E-state index contributed by atoms with van der Waals surface area (Å²) >= 11 is 0. The molecular weight excluding hydrogens is 307 g/mol. The third kappa shape index (κ3) is 6.09. The van der Waals surface area contributed by atoms with Gasteiger partial charge in [0.15, 0.2) is 5.96 Å². The standard InChI is InChI=1S/C18H29FN4O/c1-18(2,15-4-6-16(19)7-5-15)14-22-17(20)21-8-3-9-23-10-12-24-13-11-23/h4-7H,3,8-14H2,1-2H3,(H3,20,21,22). The fourth-order valence-corrected chi connectivity index (χ4v) is 2.67. The number of ether oxygens (including phenoxy) is 1. The number of rotatable bonds is 7. The largest absolute Gasteiger partial charge is 0.379 e. The van der Waals surface area contributed by atoms with E-state index in [-0.39, 0.29) is 11.2 Å². The minimum atomic E-state index is -0.223. The average Bonchev–Trinajstić information content (AvgIpc) is 2.58. The van der Waals surface area contributed by atoms with Gasteiger partial charge in [0.25, 0.3) is 0 Å². The molecule has 134 valence electrons. The number of halogens is 1. The molecule has 5 nitrogen and oxygen atoms in total. The maximum Gasteiger partial charge on any atom is 0.188 e. The number of benzene rings is 1. The average molecular weight is 336 g/mol. The van der Waals surface area contributed by atoms with Crippen LogP contribution in [0.2, 0.25) is 0 Å². The summed E-state index contributed by atoms with van der Waals surface area (Å²) in [6.07, 6.45) is 1.03. The summed E-state index contributed by atoms with van der Waals surface area (Å²) in [7, 11) is 0. The Kier molecular flexibility index (Phi) is 6.99. The summed E-state index contributed by atoms with van der Waals surface area (Å²) in [6, 6.07) is 6.57. The van der Waals surface area contributed by atoms with Crippen LogP contribution in [0.25, 0.3) is 0 Å². The lowest BCUT2D eigenvalue weighted by Crippen LogP contribution is -2.39. The fourth-order valence-electron chi connectivity index (χ4n) is 2.67. The zero-order chi connectivity index (χ0) is 17.4. The van der Waals surface area contributed by atoms with Crippen molar-refractivity contribution < 1.29 is 9.13 Å². The summed E-state index contributed by atoms with van der Waals surface area (Å²) in [5.41, 5.74) is 6.81. The van der Waals surface area contributed by atoms with Crippen molar-refractivity contribution in [3.05, 3.63) is 35.6 Å². The zero-order valence-electron chi connectivity index (χ0n) is 14.7. The maximum atomic E-state index is 13.0. The minimum absolute atomic E-state index is 0.187. The molecule has 0 amide bonds. The molecule has 1 aliphatic rings. The van der Waals surface area contributed by atoms with Gasteiger partial charge in [-0.25, -0.2) is 4.39 Å². The van der Waals surface area contributed by atoms with E-state index in [0.29, 0.717) is 12.5 Å². The smallest absolute Gasteiger partial charge is 0.188 e. The lowest BCUT2D eigenvalue weighted by Gasteiger charge is -2.26. The molecule has 24 heavy (non-hydrogen) atoms. The first-order valence-corrected chi connectivity index (χ1v) is 8.57. The summed E-state index contributed by atoms with van der Waals surface area (Å²) in [5.74, 6) is 0.242. The van der Waals surface area contributed by atoms with Gasteiger partial charge in [-0.3, -0.25) is 9.89 Å². The topological polar surface area (TPSA) is 62.9 Å². The predicted molar refractivity (Wildman–Crippen MR) is 95.8 cm³/mol. The van der Waals surface area contributed by atoms with E-state index in [1.165, 1.54) is 12.1 Å². The second kappa shape index (κ2) is 8.99. The summed E-state index contributed by atoms with van der Waals surface area (Å²) in [5, 5.41) is 3.17. The van der Waals surface area contributed by atoms with Crippen molar-refractivity contribution in [1.29, 1.82) is 0 Å². The van der Waals surface area contributed by atoms with Crippen LogP contribution in [-0.4, -0.2) is 56.8 Å². The van der Waals surface area contributed by atoms with E-state index in [4.69, 9.17) is 10.5 Å². The van der Waals surface area contributed by atoms with Crippen molar-refractivity contribution in [3.8, 4) is 0 Å². The van der Waals surface area contributed by atoms with Crippen LogP contribution in [0.4, 0.5) is 4.39 Å². The van der Waals surface area contributed by atoms with Crippen LogP contribution in [0.1, 0.15) is 25.8 Å². The molecule has 0 atom stereocenters. The number of nitrogens with zero attached hydrogens (tertiary/aromatic N) is 2. The van der Waals surface area contributed by atoms with Gasteiger partial charge in [-0.2, -0.15) is 0 Å². The number of nitrogens with one attached hydrogen (secondary N) is 1. The second-order valence-corrected chi connectivity index (χ2v) is 6.83. The van der Waals surface area contributed by atoms with E-state index in [1.807, 2.05) is 0 Å². The molecule has 1 aromatic rings. The van der Waals surface area contributed by atoms with Crippen molar-refractivity contribution in [2.45, 2.75) is 25.7 Å². The minimum Gasteiger partial charge on any atom is -0.379 e. The summed E-state index contributed by atoms with van der Waals surface area (Å²) < 4.78 is 18.4. The molecule has 1 aliphatic heterocycles. The van der Waals surface area contributed by atoms with Crippen LogP contribution in [0.15, 0.2) is 29.3 Å². The van der Waals surface area contributed by atoms with Gasteiger partial charge >= 0.3 is 0 Å². The number of morpholine rings is 1. The Hall–Kier alpha value is -1.66. The predicted octanol–water partition coefficient (Wildman–Crippen LogP) is 1.73. The molecule has 6 heteroatoms. The number of hydrogen-bond acceptors (Lipinski definition) is 3. The lowest BCUT2D eigenvalue weighted by atomic mass is 9.85. The molecular formula is C18H29FN4O. The van der Waals surface area contributed by atoms with Gasteiger partial charge < -0.3 is 15.8 Å². The third-order valence-corrected chi connectivity index (χ3v) is 4.33. The highest BCUT2D eigenvalue weighted by Gasteiger charge is 2.20. The Bertz CT molecular complexity index is 524. The van der Waals surface area contributed by atoms with E-state index >= 15 is 0 Å². The number of guanidine groups is 1. The second-order valence-electron chi connectivity index (χ2n) is 6.83. The molecule has 1 heterocycles. The monoisotopic (exact) mass is 336 g/mol. The van der Waals surface area contributed by atoms with Crippen LogP contribution in [-0.2, 0) is 10.2 Å². The van der Waals surface area contributed by atoms with Crippen molar-refractivity contribution in [2.75, 3.05) is 45.9 Å². The highest BCUT2D eigenvalue weighted by molar-refractivity contribution is 5.77. The van der Waals surface area contributed by atoms with Crippen LogP contribution < -0.4 is 11.1 Å². The van der Waals surface area contributed by atoms with Crippen molar-refractivity contribution >= 4 is 5.96 Å². The van der Waals surface area contributed by atoms with Crippen molar-refractivity contribution in [2.24, 2.45) is 10.7 Å². The fraction of sp³-hybridized carbons (Fsp3) is 0.611. The zero-order valence-corrected chi connectivity index (χ0v) is 14.7. The molecule has 2 rings (SSSR count). The molecule has 0 aromatic heterocycles. The van der Waals surface area contributed by atoms with Gasteiger partial charge in [0.2, 0.25) is 0 Å². The third-order valence-electron chi connectivity index (χ3n) is 4.33. The van der Waals surface area contributed by atoms with E-state index in [1.54, 1.807) is 12.1 Å². The van der Waals surface area contributed by atoms with Crippen molar-refractivity contribution in [1.82, 2.24) is 10.2 Å². The Labute approximate surface area is 144 Å². The van der Waals surface area contributed by atoms with Gasteiger partial charge in [0, 0.05) is 25.0 Å². The van der Waals surface area contributed by atoms with Gasteiger partial charge in [-0.05, 0) is 30.7 Å². The molecule has 1 saturated heterocycles. The maximum absolute atomic E-state index is 13.0. The molecule has 1 fully saturated rings.